The number of benzene rings is 2. The molecule has 0 spiro atoms. The highest BCUT2D eigenvalue weighted by Gasteiger charge is 1.97. The van der Waals surface area contributed by atoms with Gasteiger partial charge >= 0.3 is 0 Å². The van der Waals surface area contributed by atoms with E-state index < -0.39 is 0 Å². The first-order valence-electron chi connectivity index (χ1n) is 4.82. The monoisotopic (exact) mass is 247 g/mol. The van der Waals surface area contributed by atoms with Crippen molar-refractivity contribution in [2.45, 2.75) is 9.79 Å². The number of rotatable bonds is 3. The second-order valence-electron chi connectivity index (χ2n) is 3.27. The van der Waals surface area contributed by atoms with E-state index in [4.69, 9.17) is 17.0 Å². The summed E-state index contributed by atoms with van der Waals surface area (Å²) in [6.45, 7) is 0. The van der Waals surface area contributed by atoms with Gasteiger partial charge in [-0.25, -0.2) is 0 Å². The average molecular weight is 248 g/mol. The average Bonchev–Trinajstić information content (AvgIpc) is 2.33. The molecule has 1 nitrogen and oxygen atoms in total. The fourth-order valence-electron chi connectivity index (χ4n) is 1.27. The van der Waals surface area contributed by atoms with Crippen LogP contribution in [0.4, 0.5) is 0 Å². The minimum absolute atomic E-state index is 0.753. The number of hydrogen-bond acceptors (Lipinski definition) is 2. The van der Waals surface area contributed by atoms with Gasteiger partial charge in [-0.15, -0.1) is 0 Å². The number of nitrogens with one attached hydrogen (secondary N) is 1. The SMILES string of the molecule is N=Cc1ccc(Sc2ccc(Cl)cc2)cc1. The summed E-state index contributed by atoms with van der Waals surface area (Å²) in [5.74, 6) is 0. The Kier molecular flexibility index (Phi) is 3.65. The van der Waals surface area contributed by atoms with E-state index >= 15 is 0 Å². The maximum Gasteiger partial charge on any atom is 0.0406 e. The summed E-state index contributed by atoms with van der Waals surface area (Å²) >= 11 is 7.50. The summed E-state index contributed by atoms with van der Waals surface area (Å²) in [5, 5.41) is 7.87. The highest BCUT2D eigenvalue weighted by Crippen LogP contribution is 2.28. The summed E-state index contributed by atoms with van der Waals surface area (Å²) in [6, 6.07) is 15.7. The second kappa shape index (κ2) is 5.19. The molecule has 0 bridgehead atoms. The van der Waals surface area contributed by atoms with E-state index in [1.807, 2.05) is 48.5 Å². The third kappa shape index (κ3) is 2.87. The van der Waals surface area contributed by atoms with Gasteiger partial charge in [-0.05, 0) is 42.0 Å². The van der Waals surface area contributed by atoms with Crippen molar-refractivity contribution in [1.82, 2.24) is 0 Å². The van der Waals surface area contributed by atoms with Crippen molar-refractivity contribution in [1.29, 1.82) is 5.41 Å². The molecule has 0 unspecified atom stereocenters. The van der Waals surface area contributed by atoms with E-state index in [1.54, 1.807) is 11.8 Å². The van der Waals surface area contributed by atoms with Crippen LogP contribution in [0.15, 0.2) is 58.3 Å². The summed E-state index contributed by atoms with van der Waals surface area (Å²) in [6.07, 6.45) is 1.34. The molecular weight excluding hydrogens is 238 g/mol. The predicted octanol–water partition coefficient (Wildman–Crippen LogP) is 4.49. The lowest BCUT2D eigenvalue weighted by Crippen LogP contribution is -1.78. The quantitative estimate of drug-likeness (QED) is 0.794. The van der Waals surface area contributed by atoms with Gasteiger partial charge in [-0.1, -0.05) is 35.5 Å². The van der Waals surface area contributed by atoms with Crippen LogP contribution >= 0.6 is 23.4 Å². The lowest BCUT2D eigenvalue weighted by molar-refractivity contribution is 1.40. The number of hydrogen-bond donors (Lipinski definition) is 1. The van der Waals surface area contributed by atoms with Gasteiger partial charge in [0.1, 0.15) is 0 Å². The van der Waals surface area contributed by atoms with Crippen molar-refractivity contribution in [2.75, 3.05) is 0 Å². The third-order valence-corrected chi connectivity index (χ3v) is 3.36. The van der Waals surface area contributed by atoms with E-state index in [1.165, 1.54) is 6.21 Å². The normalized spacial score (nSPS) is 10.1. The molecule has 1 N–H and O–H groups in total. The van der Waals surface area contributed by atoms with Crippen molar-refractivity contribution in [3.05, 3.63) is 59.1 Å². The summed E-state index contributed by atoms with van der Waals surface area (Å²) < 4.78 is 0. The van der Waals surface area contributed by atoms with Gasteiger partial charge in [0.25, 0.3) is 0 Å². The Morgan fingerprint density at radius 2 is 1.38 bits per heavy atom. The fraction of sp³-hybridized carbons (Fsp3) is 0. The van der Waals surface area contributed by atoms with Crippen LogP contribution in [0.25, 0.3) is 0 Å². The molecule has 0 aliphatic heterocycles. The molecule has 0 amide bonds. The Labute approximate surface area is 104 Å². The molecule has 0 atom stereocenters. The molecule has 0 aliphatic rings. The third-order valence-electron chi connectivity index (χ3n) is 2.10. The molecular formula is C13H10ClNS. The van der Waals surface area contributed by atoms with Crippen LogP contribution in [-0.4, -0.2) is 6.21 Å². The van der Waals surface area contributed by atoms with Crippen molar-refractivity contribution in [3.8, 4) is 0 Å². The predicted molar refractivity (Wildman–Crippen MR) is 69.9 cm³/mol. The summed E-state index contributed by atoms with van der Waals surface area (Å²) in [7, 11) is 0. The Bertz CT molecular complexity index is 476. The first-order chi connectivity index (χ1) is 7.78. The van der Waals surface area contributed by atoms with Crippen LogP contribution in [-0.2, 0) is 0 Å². The van der Waals surface area contributed by atoms with Gasteiger partial charge in [-0.3, -0.25) is 0 Å². The summed E-state index contributed by atoms with van der Waals surface area (Å²) in [5.41, 5.74) is 0.917. The molecule has 2 aromatic rings. The van der Waals surface area contributed by atoms with Gasteiger partial charge in [0.05, 0.1) is 0 Å². The maximum atomic E-state index is 7.11. The van der Waals surface area contributed by atoms with Crippen LogP contribution in [0.5, 0.6) is 0 Å². The van der Waals surface area contributed by atoms with Crippen LogP contribution in [0, 0.1) is 5.41 Å². The molecule has 80 valence electrons. The molecule has 0 saturated carbocycles. The highest BCUT2D eigenvalue weighted by atomic mass is 35.5. The molecule has 0 aromatic heterocycles. The summed E-state index contributed by atoms with van der Waals surface area (Å²) in [4.78, 5) is 2.32. The van der Waals surface area contributed by atoms with Gasteiger partial charge in [-0.2, -0.15) is 0 Å². The van der Waals surface area contributed by atoms with Crippen molar-refractivity contribution in [3.63, 3.8) is 0 Å². The van der Waals surface area contributed by atoms with E-state index in [2.05, 4.69) is 0 Å². The zero-order valence-corrected chi connectivity index (χ0v) is 10.1. The standard InChI is InChI=1S/C13H10ClNS/c14-11-3-7-13(8-4-11)16-12-5-1-10(9-15)2-6-12/h1-9,15H. The van der Waals surface area contributed by atoms with Crippen LogP contribution in [0.1, 0.15) is 5.56 Å². The maximum absolute atomic E-state index is 7.11. The Morgan fingerprint density at radius 3 is 1.88 bits per heavy atom. The molecule has 0 radical (unpaired) electrons. The van der Waals surface area contributed by atoms with Gasteiger partial charge in [0, 0.05) is 21.0 Å². The zero-order chi connectivity index (χ0) is 11.4. The highest BCUT2D eigenvalue weighted by molar-refractivity contribution is 7.99. The van der Waals surface area contributed by atoms with Crippen molar-refractivity contribution in [2.24, 2.45) is 0 Å². The van der Waals surface area contributed by atoms with E-state index in [0.29, 0.717) is 0 Å². The first kappa shape index (κ1) is 11.2. The molecule has 0 heterocycles. The molecule has 3 heteroatoms. The fourth-order valence-corrected chi connectivity index (χ4v) is 2.21. The van der Waals surface area contributed by atoms with Crippen molar-refractivity contribution < 1.29 is 0 Å². The Hall–Kier alpha value is -1.25. The lowest BCUT2D eigenvalue weighted by atomic mass is 10.2. The largest absolute Gasteiger partial charge is 0.308 e. The van der Waals surface area contributed by atoms with Crippen molar-refractivity contribution >= 4 is 29.6 Å². The smallest absolute Gasteiger partial charge is 0.0406 e. The Morgan fingerprint density at radius 1 is 0.875 bits per heavy atom. The molecule has 0 saturated heterocycles. The van der Waals surface area contributed by atoms with Gasteiger partial charge in [0.15, 0.2) is 0 Å². The molecule has 16 heavy (non-hydrogen) atoms. The second-order valence-corrected chi connectivity index (χ2v) is 4.85. The van der Waals surface area contributed by atoms with E-state index in [-0.39, 0.29) is 0 Å². The van der Waals surface area contributed by atoms with Crippen LogP contribution in [0.3, 0.4) is 0 Å². The minimum atomic E-state index is 0.753. The zero-order valence-electron chi connectivity index (χ0n) is 8.48. The lowest BCUT2D eigenvalue weighted by Gasteiger charge is -2.02. The number of halogens is 1. The van der Waals surface area contributed by atoms with Crippen LogP contribution in [0.2, 0.25) is 5.02 Å². The van der Waals surface area contributed by atoms with Gasteiger partial charge in [0.2, 0.25) is 0 Å². The Balaban J connectivity index is 2.14. The molecule has 2 rings (SSSR count). The van der Waals surface area contributed by atoms with E-state index in [9.17, 15) is 0 Å². The topological polar surface area (TPSA) is 23.9 Å². The van der Waals surface area contributed by atoms with E-state index in [0.717, 1.165) is 20.4 Å². The molecule has 2 aromatic carbocycles. The minimum Gasteiger partial charge on any atom is -0.308 e. The van der Waals surface area contributed by atoms with Crippen LogP contribution < -0.4 is 0 Å². The molecule has 0 aliphatic carbocycles. The van der Waals surface area contributed by atoms with Gasteiger partial charge < -0.3 is 5.41 Å². The molecule has 0 fully saturated rings. The first-order valence-corrected chi connectivity index (χ1v) is 6.01.